The normalized spacial score (nSPS) is 11.1. The lowest BCUT2D eigenvalue weighted by atomic mass is 10.2. The van der Waals surface area contributed by atoms with Gasteiger partial charge < -0.3 is 10.1 Å². The second-order valence-corrected chi connectivity index (χ2v) is 6.93. The van der Waals surface area contributed by atoms with E-state index in [0.29, 0.717) is 10.0 Å². The van der Waals surface area contributed by atoms with Gasteiger partial charge in [0.1, 0.15) is 10.6 Å². The molecule has 0 fully saturated rings. The van der Waals surface area contributed by atoms with Gasteiger partial charge in [-0.15, -0.1) is 0 Å². The lowest BCUT2D eigenvalue weighted by molar-refractivity contribution is 0.102. The first-order valence-electron chi connectivity index (χ1n) is 6.19. The Morgan fingerprint density at radius 3 is 2.26 bits per heavy atom. The van der Waals surface area contributed by atoms with Crippen molar-refractivity contribution in [2.24, 2.45) is 5.14 Å². The van der Waals surface area contributed by atoms with Crippen LogP contribution < -0.4 is 15.2 Å². The van der Waals surface area contributed by atoms with E-state index < -0.39 is 15.9 Å². The van der Waals surface area contributed by atoms with E-state index in [2.05, 4.69) is 5.32 Å². The van der Waals surface area contributed by atoms with Gasteiger partial charge in [0.15, 0.2) is 0 Å². The summed E-state index contributed by atoms with van der Waals surface area (Å²) in [5.41, 5.74) is 0.464. The summed E-state index contributed by atoms with van der Waals surface area (Å²) in [6.45, 7) is 0. The van der Waals surface area contributed by atoms with E-state index in [9.17, 15) is 13.2 Å². The van der Waals surface area contributed by atoms with Gasteiger partial charge in [-0.05, 0) is 36.4 Å². The fourth-order valence-corrected chi connectivity index (χ4v) is 3.11. The summed E-state index contributed by atoms with van der Waals surface area (Å²) < 4.78 is 28.1. The molecule has 2 rings (SSSR count). The lowest BCUT2D eigenvalue weighted by Gasteiger charge is -2.10. The summed E-state index contributed by atoms with van der Waals surface area (Å²) >= 11 is 11.7. The average molecular weight is 375 g/mol. The van der Waals surface area contributed by atoms with E-state index in [-0.39, 0.29) is 21.9 Å². The molecule has 0 aliphatic rings. The molecular weight excluding hydrogens is 363 g/mol. The predicted molar refractivity (Wildman–Crippen MR) is 88.8 cm³/mol. The third kappa shape index (κ3) is 4.35. The number of anilines is 1. The molecule has 0 unspecified atom stereocenters. The topological polar surface area (TPSA) is 98.5 Å². The van der Waals surface area contributed by atoms with Crippen LogP contribution in [-0.4, -0.2) is 21.4 Å². The Kier molecular flexibility index (Phi) is 5.16. The van der Waals surface area contributed by atoms with Crippen LogP contribution in [0.5, 0.6) is 5.75 Å². The fourth-order valence-electron chi connectivity index (χ4n) is 1.86. The zero-order valence-corrected chi connectivity index (χ0v) is 14.2. The van der Waals surface area contributed by atoms with Gasteiger partial charge >= 0.3 is 0 Å². The van der Waals surface area contributed by atoms with E-state index in [0.717, 1.165) is 0 Å². The van der Waals surface area contributed by atoms with Crippen LogP contribution in [0.3, 0.4) is 0 Å². The van der Waals surface area contributed by atoms with Crippen LogP contribution in [-0.2, 0) is 10.0 Å². The number of primary sulfonamides is 1. The van der Waals surface area contributed by atoms with Gasteiger partial charge in [0.25, 0.3) is 5.91 Å². The van der Waals surface area contributed by atoms with Crippen molar-refractivity contribution in [2.75, 3.05) is 12.4 Å². The highest BCUT2D eigenvalue weighted by molar-refractivity contribution is 7.89. The number of benzene rings is 2. The van der Waals surface area contributed by atoms with Gasteiger partial charge in [0.2, 0.25) is 10.0 Å². The summed E-state index contributed by atoms with van der Waals surface area (Å²) in [5.74, 6) is -0.420. The molecule has 0 radical (unpaired) electrons. The SMILES string of the molecule is COc1ccc(NC(=O)c2cc(Cl)cc(Cl)c2)cc1S(N)(=O)=O. The molecule has 6 nitrogen and oxygen atoms in total. The first-order chi connectivity index (χ1) is 10.7. The number of halogens is 2. The Morgan fingerprint density at radius 1 is 1.13 bits per heavy atom. The van der Waals surface area contributed by atoms with Crippen molar-refractivity contribution in [3.05, 3.63) is 52.0 Å². The number of ether oxygens (including phenoxy) is 1. The molecule has 9 heteroatoms. The highest BCUT2D eigenvalue weighted by Crippen LogP contribution is 2.27. The number of hydrogen-bond acceptors (Lipinski definition) is 4. The number of amides is 1. The Bertz CT molecular complexity index is 849. The Hall–Kier alpha value is -1.80. The van der Waals surface area contributed by atoms with Crippen LogP contribution in [0.2, 0.25) is 10.0 Å². The first-order valence-corrected chi connectivity index (χ1v) is 8.49. The lowest BCUT2D eigenvalue weighted by Crippen LogP contribution is -2.16. The standard InChI is InChI=1S/C14H12Cl2N2O4S/c1-22-12-3-2-11(7-13(12)23(17,20)21)18-14(19)8-4-9(15)6-10(16)5-8/h2-7H,1H3,(H,18,19)(H2,17,20,21). The maximum atomic E-state index is 12.2. The molecule has 0 bridgehead atoms. The maximum absolute atomic E-state index is 12.2. The summed E-state index contributed by atoms with van der Waals surface area (Å²) in [7, 11) is -2.68. The number of hydrogen-bond donors (Lipinski definition) is 2. The molecule has 0 atom stereocenters. The van der Waals surface area contributed by atoms with Gasteiger partial charge in [0, 0.05) is 21.3 Å². The van der Waals surface area contributed by atoms with Crippen molar-refractivity contribution in [1.29, 1.82) is 0 Å². The minimum Gasteiger partial charge on any atom is -0.495 e. The van der Waals surface area contributed by atoms with Crippen LogP contribution >= 0.6 is 23.2 Å². The molecule has 0 aliphatic heterocycles. The van der Waals surface area contributed by atoms with Crippen LogP contribution in [0.25, 0.3) is 0 Å². The molecule has 0 spiro atoms. The van der Waals surface area contributed by atoms with Crippen LogP contribution in [0.4, 0.5) is 5.69 Å². The van der Waals surface area contributed by atoms with Crippen molar-refractivity contribution in [1.82, 2.24) is 0 Å². The maximum Gasteiger partial charge on any atom is 0.255 e. The molecule has 23 heavy (non-hydrogen) atoms. The predicted octanol–water partition coefficient (Wildman–Crippen LogP) is 2.90. The van der Waals surface area contributed by atoms with Crippen molar-refractivity contribution in [2.45, 2.75) is 4.90 Å². The molecule has 1 amide bonds. The third-order valence-corrected chi connectivity index (χ3v) is 4.22. The molecule has 0 saturated heterocycles. The molecular formula is C14H12Cl2N2O4S. The number of nitrogens with two attached hydrogens (primary N) is 1. The molecule has 0 heterocycles. The van der Waals surface area contributed by atoms with Crippen LogP contribution in [0, 0.1) is 0 Å². The summed E-state index contributed by atoms with van der Waals surface area (Å²) in [4.78, 5) is 12.0. The summed E-state index contributed by atoms with van der Waals surface area (Å²) in [5, 5.41) is 8.29. The zero-order valence-electron chi connectivity index (χ0n) is 11.8. The van der Waals surface area contributed by atoms with Crippen molar-refractivity contribution in [3.63, 3.8) is 0 Å². The minimum atomic E-state index is -4.00. The molecule has 0 aromatic heterocycles. The molecule has 0 aliphatic carbocycles. The number of rotatable bonds is 4. The molecule has 122 valence electrons. The van der Waals surface area contributed by atoms with E-state index >= 15 is 0 Å². The second kappa shape index (κ2) is 6.76. The molecule has 3 N–H and O–H groups in total. The van der Waals surface area contributed by atoms with Crippen LogP contribution in [0.1, 0.15) is 10.4 Å². The molecule has 2 aromatic rings. The third-order valence-electron chi connectivity index (χ3n) is 2.85. The largest absolute Gasteiger partial charge is 0.495 e. The highest BCUT2D eigenvalue weighted by Gasteiger charge is 2.17. The zero-order chi connectivity index (χ0) is 17.2. The Labute approximate surface area is 143 Å². The van der Waals surface area contributed by atoms with Gasteiger partial charge in [-0.2, -0.15) is 0 Å². The number of methoxy groups -OCH3 is 1. The number of nitrogens with one attached hydrogen (secondary N) is 1. The van der Waals surface area contributed by atoms with Crippen molar-refractivity contribution in [3.8, 4) is 5.75 Å². The fraction of sp³-hybridized carbons (Fsp3) is 0.0714. The van der Waals surface area contributed by atoms with E-state index in [1.54, 1.807) is 0 Å². The quantitative estimate of drug-likeness (QED) is 0.859. The number of sulfonamides is 1. The van der Waals surface area contributed by atoms with Crippen molar-refractivity contribution >= 4 is 44.8 Å². The Balaban J connectivity index is 2.35. The summed E-state index contributed by atoms with van der Waals surface area (Å²) in [6, 6.07) is 8.45. The minimum absolute atomic E-state index is 0.0799. The number of carbonyl (C=O) groups excluding carboxylic acids is 1. The van der Waals surface area contributed by atoms with E-state index in [1.807, 2.05) is 0 Å². The van der Waals surface area contributed by atoms with Gasteiger partial charge in [-0.3, -0.25) is 4.79 Å². The first kappa shape index (κ1) is 17.6. The monoisotopic (exact) mass is 374 g/mol. The van der Waals surface area contributed by atoms with E-state index in [4.69, 9.17) is 33.1 Å². The van der Waals surface area contributed by atoms with E-state index in [1.165, 1.54) is 43.5 Å². The second-order valence-electron chi connectivity index (χ2n) is 4.52. The smallest absolute Gasteiger partial charge is 0.255 e. The van der Waals surface area contributed by atoms with Gasteiger partial charge in [-0.1, -0.05) is 23.2 Å². The molecule has 0 saturated carbocycles. The van der Waals surface area contributed by atoms with Gasteiger partial charge in [-0.25, -0.2) is 13.6 Å². The number of carbonyl (C=O) groups is 1. The molecule has 2 aromatic carbocycles. The van der Waals surface area contributed by atoms with Crippen molar-refractivity contribution < 1.29 is 17.9 Å². The average Bonchev–Trinajstić information content (AvgIpc) is 2.45. The Morgan fingerprint density at radius 2 is 1.74 bits per heavy atom. The highest BCUT2D eigenvalue weighted by atomic mass is 35.5. The summed E-state index contributed by atoms with van der Waals surface area (Å²) in [6.07, 6.45) is 0. The van der Waals surface area contributed by atoms with Gasteiger partial charge in [0.05, 0.1) is 7.11 Å². The van der Waals surface area contributed by atoms with Crippen LogP contribution in [0.15, 0.2) is 41.3 Å².